The van der Waals surface area contributed by atoms with Crippen molar-refractivity contribution in [2.75, 3.05) is 14.1 Å². The Labute approximate surface area is 73.7 Å². The Morgan fingerprint density at radius 2 is 1.75 bits per heavy atom. The molecular formula is C9H17NO2. The summed E-state index contributed by atoms with van der Waals surface area (Å²) in [6, 6.07) is 0. The monoisotopic (exact) mass is 171 g/mol. The fourth-order valence-electron chi connectivity index (χ4n) is 1.04. The van der Waals surface area contributed by atoms with E-state index in [2.05, 4.69) is 0 Å². The fourth-order valence-corrected chi connectivity index (χ4v) is 1.04. The van der Waals surface area contributed by atoms with Crippen LogP contribution in [0.3, 0.4) is 0 Å². The van der Waals surface area contributed by atoms with E-state index in [1.165, 1.54) is 0 Å². The van der Waals surface area contributed by atoms with Crippen LogP contribution in [-0.2, 0) is 9.59 Å². The molecule has 0 aromatic carbocycles. The zero-order valence-electron chi connectivity index (χ0n) is 8.26. The number of Topliss-reactive ketones (excluding diaryl/α,β-unsaturated/α-hetero) is 1. The molecule has 0 bridgehead atoms. The summed E-state index contributed by atoms with van der Waals surface area (Å²) in [6.45, 7) is 3.47. The molecule has 0 rings (SSSR count). The quantitative estimate of drug-likeness (QED) is 0.634. The van der Waals surface area contributed by atoms with E-state index in [9.17, 15) is 9.59 Å². The van der Waals surface area contributed by atoms with E-state index in [0.717, 1.165) is 0 Å². The average Bonchev–Trinajstić information content (AvgIpc) is 1.84. The van der Waals surface area contributed by atoms with Crippen molar-refractivity contribution in [3.63, 3.8) is 0 Å². The summed E-state index contributed by atoms with van der Waals surface area (Å²) in [5, 5.41) is 0. The van der Waals surface area contributed by atoms with Gasteiger partial charge >= 0.3 is 0 Å². The van der Waals surface area contributed by atoms with Crippen LogP contribution in [0.1, 0.15) is 26.7 Å². The molecule has 0 fully saturated rings. The van der Waals surface area contributed by atoms with Crippen LogP contribution >= 0.6 is 0 Å². The van der Waals surface area contributed by atoms with E-state index in [-0.39, 0.29) is 17.6 Å². The normalized spacial score (nSPS) is 12.3. The molecule has 0 radical (unpaired) electrons. The maximum Gasteiger partial charge on any atom is 0.222 e. The highest BCUT2D eigenvalue weighted by atomic mass is 16.2. The van der Waals surface area contributed by atoms with Crippen LogP contribution in [0.5, 0.6) is 0 Å². The molecule has 0 unspecified atom stereocenters. The molecule has 12 heavy (non-hydrogen) atoms. The van der Waals surface area contributed by atoms with Crippen LogP contribution in [0.15, 0.2) is 0 Å². The summed E-state index contributed by atoms with van der Waals surface area (Å²) < 4.78 is 0. The zero-order chi connectivity index (χ0) is 9.72. The number of ketones is 1. The van der Waals surface area contributed by atoms with Gasteiger partial charge < -0.3 is 9.69 Å². The van der Waals surface area contributed by atoms with E-state index in [4.69, 9.17) is 0 Å². The van der Waals surface area contributed by atoms with Gasteiger partial charge in [-0.25, -0.2) is 0 Å². The summed E-state index contributed by atoms with van der Waals surface area (Å²) in [4.78, 5) is 23.4. The van der Waals surface area contributed by atoms with E-state index in [0.29, 0.717) is 12.8 Å². The summed E-state index contributed by atoms with van der Waals surface area (Å²) >= 11 is 0. The van der Waals surface area contributed by atoms with Crippen molar-refractivity contribution in [1.82, 2.24) is 4.90 Å². The molecule has 0 aliphatic rings. The molecule has 0 aliphatic heterocycles. The van der Waals surface area contributed by atoms with E-state index >= 15 is 0 Å². The van der Waals surface area contributed by atoms with Gasteiger partial charge in [-0.15, -0.1) is 0 Å². The standard InChI is InChI=1S/C9H17NO2/c1-7(5-8(2)11)6-9(12)10(3)4/h7H,5-6H2,1-4H3/t7-/m0/s1. The maximum absolute atomic E-state index is 11.1. The van der Waals surface area contributed by atoms with Gasteiger partial charge in [0.15, 0.2) is 0 Å². The summed E-state index contributed by atoms with van der Waals surface area (Å²) in [5.41, 5.74) is 0. The summed E-state index contributed by atoms with van der Waals surface area (Å²) in [6.07, 6.45) is 0.964. The van der Waals surface area contributed by atoms with Crippen molar-refractivity contribution >= 4 is 11.7 Å². The van der Waals surface area contributed by atoms with Crippen molar-refractivity contribution in [3.05, 3.63) is 0 Å². The fraction of sp³-hybridized carbons (Fsp3) is 0.778. The largest absolute Gasteiger partial charge is 0.349 e. The van der Waals surface area contributed by atoms with Crippen molar-refractivity contribution in [2.45, 2.75) is 26.7 Å². The van der Waals surface area contributed by atoms with Gasteiger partial charge in [0.2, 0.25) is 5.91 Å². The van der Waals surface area contributed by atoms with Gasteiger partial charge in [0.05, 0.1) is 0 Å². The number of carbonyl (C=O) groups is 2. The number of carbonyl (C=O) groups excluding carboxylic acids is 2. The SMILES string of the molecule is CC(=O)C[C@H](C)CC(=O)N(C)C. The van der Waals surface area contributed by atoms with Crippen LogP contribution < -0.4 is 0 Å². The van der Waals surface area contributed by atoms with Crippen molar-refractivity contribution in [2.24, 2.45) is 5.92 Å². The highest BCUT2D eigenvalue weighted by molar-refractivity contribution is 5.78. The second kappa shape index (κ2) is 4.91. The van der Waals surface area contributed by atoms with E-state index < -0.39 is 0 Å². The first-order valence-corrected chi connectivity index (χ1v) is 4.13. The molecular weight excluding hydrogens is 154 g/mol. The van der Waals surface area contributed by atoms with Gasteiger partial charge in [-0.2, -0.15) is 0 Å². The van der Waals surface area contributed by atoms with E-state index in [1.54, 1.807) is 25.9 Å². The molecule has 1 atom stereocenters. The van der Waals surface area contributed by atoms with Gasteiger partial charge in [-0.05, 0) is 12.8 Å². The molecule has 0 aromatic heterocycles. The number of nitrogens with zero attached hydrogens (tertiary/aromatic N) is 1. The smallest absolute Gasteiger partial charge is 0.222 e. The highest BCUT2D eigenvalue weighted by Gasteiger charge is 2.11. The molecule has 3 nitrogen and oxygen atoms in total. The van der Waals surface area contributed by atoms with Crippen LogP contribution in [0, 0.1) is 5.92 Å². The Kier molecular flexibility index (Phi) is 4.55. The minimum Gasteiger partial charge on any atom is -0.349 e. The van der Waals surface area contributed by atoms with Gasteiger partial charge in [-0.3, -0.25) is 4.79 Å². The molecule has 3 heteroatoms. The lowest BCUT2D eigenvalue weighted by Crippen LogP contribution is -2.24. The predicted octanol–water partition coefficient (Wildman–Crippen LogP) is 1.08. The molecule has 70 valence electrons. The summed E-state index contributed by atoms with van der Waals surface area (Å²) in [7, 11) is 3.45. The molecule has 0 aromatic rings. The highest BCUT2D eigenvalue weighted by Crippen LogP contribution is 2.08. The third-order valence-corrected chi connectivity index (χ3v) is 1.66. The van der Waals surface area contributed by atoms with Crippen LogP contribution in [-0.4, -0.2) is 30.7 Å². The maximum atomic E-state index is 11.1. The second-order valence-corrected chi connectivity index (χ2v) is 3.50. The first-order valence-electron chi connectivity index (χ1n) is 4.13. The number of hydrogen-bond acceptors (Lipinski definition) is 2. The van der Waals surface area contributed by atoms with Crippen LogP contribution in [0.25, 0.3) is 0 Å². The van der Waals surface area contributed by atoms with Crippen LogP contribution in [0.4, 0.5) is 0 Å². The lowest BCUT2D eigenvalue weighted by atomic mass is 10.0. The molecule has 1 amide bonds. The second-order valence-electron chi connectivity index (χ2n) is 3.50. The Morgan fingerprint density at radius 1 is 1.25 bits per heavy atom. The third kappa shape index (κ3) is 4.88. The Bertz CT molecular complexity index is 175. The Hall–Kier alpha value is -0.860. The molecule has 0 N–H and O–H groups in total. The molecule has 0 spiro atoms. The molecule has 0 saturated carbocycles. The van der Waals surface area contributed by atoms with Crippen LogP contribution in [0.2, 0.25) is 0 Å². The number of amides is 1. The Morgan fingerprint density at radius 3 is 2.08 bits per heavy atom. The predicted molar refractivity (Wildman–Crippen MR) is 47.8 cm³/mol. The topological polar surface area (TPSA) is 37.4 Å². The van der Waals surface area contributed by atoms with Crippen molar-refractivity contribution < 1.29 is 9.59 Å². The van der Waals surface area contributed by atoms with Gasteiger partial charge in [0.1, 0.15) is 5.78 Å². The van der Waals surface area contributed by atoms with Crippen molar-refractivity contribution in [3.8, 4) is 0 Å². The molecule has 0 heterocycles. The van der Waals surface area contributed by atoms with Gasteiger partial charge in [0, 0.05) is 26.9 Å². The zero-order valence-corrected chi connectivity index (χ0v) is 8.26. The van der Waals surface area contributed by atoms with E-state index in [1.807, 2.05) is 6.92 Å². The lowest BCUT2D eigenvalue weighted by molar-refractivity contribution is -0.129. The minimum atomic E-state index is 0.0868. The summed E-state index contributed by atoms with van der Waals surface area (Å²) in [5.74, 6) is 0.398. The minimum absolute atomic E-state index is 0.0868. The third-order valence-electron chi connectivity index (χ3n) is 1.66. The number of hydrogen-bond donors (Lipinski definition) is 0. The van der Waals surface area contributed by atoms with Gasteiger partial charge in [0.25, 0.3) is 0 Å². The molecule has 0 aliphatic carbocycles. The lowest BCUT2D eigenvalue weighted by Gasteiger charge is -2.13. The first-order chi connectivity index (χ1) is 5.43. The Balaban J connectivity index is 3.76. The first kappa shape index (κ1) is 11.1. The number of rotatable bonds is 4. The van der Waals surface area contributed by atoms with Gasteiger partial charge in [-0.1, -0.05) is 6.92 Å². The molecule has 0 saturated heterocycles. The average molecular weight is 171 g/mol. The van der Waals surface area contributed by atoms with Crippen molar-refractivity contribution in [1.29, 1.82) is 0 Å².